The Kier molecular flexibility index (Phi) is 5.56. The highest BCUT2D eigenvalue weighted by Crippen LogP contribution is 2.30. The summed E-state index contributed by atoms with van der Waals surface area (Å²) in [5, 5.41) is 2.74. The number of methoxy groups -OCH3 is 1. The van der Waals surface area contributed by atoms with E-state index < -0.39 is 0 Å². The van der Waals surface area contributed by atoms with Gasteiger partial charge in [-0.1, -0.05) is 0 Å². The van der Waals surface area contributed by atoms with Crippen LogP contribution in [0.1, 0.15) is 25.3 Å². The van der Waals surface area contributed by atoms with Crippen molar-refractivity contribution < 1.29 is 14.3 Å². The zero-order chi connectivity index (χ0) is 17.6. The summed E-state index contributed by atoms with van der Waals surface area (Å²) in [6.45, 7) is 4.64. The number of amides is 1. The van der Waals surface area contributed by atoms with Crippen LogP contribution in [0.15, 0.2) is 42.5 Å². The smallest absolute Gasteiger partial charge is 0.221 e. The lowest BCUT2D eigenvalue weighted by Gasteiger charge is -2.18. The lowest BCUT2D eigenvalue weighted by molar-refractivity contribution is -0.114. The largest absolute Gasteiger partial charge is 0.496 e. The van der Waals surface area contributed by atoms with Crippen LogP contribution in [0.3, 0.4) is 0 Å². The highest BCUT2D eigenvalue weighted by atomic mass is 16.5. The highest BCUT2D eigenvalue weighted by molar-refractivity contribution is 5.88. The molecule has 1 heterocycles. The van der Waals surface area contributed by atoms with Crippen molar-refractivity contribution >= 4 is 11.6 Å². The van der Waals surface area contributed by atoms with Crippen LogP contribution < -0.4 is 14.8 Å². The topological polar surface area (TPSA) is 50.8 Å². The van der Waals surface area contributed by atoms with Crippen LogP contribution in [0.25, 0.3) is 0 Å². The van der Waals surface area contributed by atoms with Gasteiger partial charge in [0.25, 0.3) is 0 Å². The second-order valence-corrected chi connectivity index (χ2v) is 6.26. The van der Waals surface area contributed by atoms with E-state index in [1.165, 1.54) is 19.8 Å². The Hall–Kier alpha value is -2.53. The minimum atomic E-state index is -0.0876. The van der Waals surface area contributed by atoms with Crippen molar-refractivity contribution in [2.24, 2.45) is 0 Å². The third-order valence-electron chi connectivity index (χ3n) is 4.25. The Morgan fingerprint density at radius 1 is 1.08 bits per heavy atom. The van der Waals surface area contributed by atoms with E-state index in [0.717, 1.165) is 48.1 Å². The molecule has 132 valence electrons. The van der Waals surface area contributed by atoms with Crippen LogP contribution in [-0.2, 0) is 11.3 Å². The molecular formula is C20H24N2O3. The first-order valence-corrected chi connectivity index (χ1v) is 8.59. The molecular weight excluding hydrogens is 316 g/mol. The molecule has 5 heteroatoms. The summed E-state index contributed by atoms with van der Waals surface area (Å²) in [6.07, 6.45) is 2.53. The zero-order valence-corrected chi connectivity index (χ0v) is 14.7. The van der Waals surface area contributed by atoms with Crippen molar-refractivity contribution in [3.8, 4) is 17.2 Å². The quantitative estimate of drug-likeness (QED) is 0.862. The van der Waals surface area contributed by atoms with Crippen LogP contribution in [0, 0.1) is 0 Å². The van der Waals surface area contributed by atoms with Crippen molar-refractivity contribution in [3.63, 3.8) is 0 Å². The molecule has 0 unspecified atom stereocenters. The monoisotopic (exact) mass is 340 g/mol. The molecule has 1 N–H and O–H groups in total. The normalized spacial score (nSPS) is 14.3. The molecule has 1 aliphatic rings. The number of carbonyl (C=O) groups excluding carboxylic acids is 1. The number of anilines is 1. The number of hydrogen-bond donors (Lipinski definition) is 1. The van der Waals surface area contributed by atoms with Gasteiger partial charge in [-0.25, -0.2) is 0 Å². The fraction of sp³-hybridized carbons (Fsp3) is 0.350. The fourth-order valence-corrected chi connectivity index (χ4v) is 3.07. The Labute approximate surface area is 148 Å². The van der Waals surface area contributed by atoms with E-state index in [-0.39, 0.29) is 5.91 Å². The van der Waals surface area contributed by atoms with Crippen molar-refractivity contribution in [3.05, 3.63) is 48.0 Å². The molecule has 1 saturated heterocycles. The van der Waals surface area contributed by atoms with Gasteiger partial charge in [-0.05, 0) is 68.4 Å². The molecule has 5 nitrogen and oxygen atoms in total. The summed E-state index contributed by atoms with van der Waals surface area (Å²) >= 11 is 0. The van der Waals surface area contributed by atoms with Gasteiger partial charge in [0.2, 0.25) is 5.91 Å². The molecule has 1 amide bonds. The average Bonchev–Trinajstić information content (AvgIpc) is 3.10. The number of ether oxygens (including phenoxy) is 2. The average molecular weight is 340 g/mol. The molecule has 1 fully saturated rings. The Bertz CT molecular complexity index is 722. The van der Waals surface area contributed by atoms with Crippen LogP contribution in [0.2, 0.25) is 0 Å². The Balaban J connectivity index is 1.72. The Morgan fingerprint density at radius 2 is 1.76 bits per heavy atom. The maximum absolute atomic E-state index is 11.1. The third kappa shape index (κ3) is 4.73. The van der Waals surface area contributed by atoms with E-state index in [4.69, 9.17) is 9.47 Å². The molecule has 0 aromatic heterocycles. The highest BCUT2D eigenvalue weighted by Gasteiger charge is 2.15. The summed E-state index contributed by atoms with van der Waals surface area (Å²) in [5.74, 6) is 2.31. The first kappa shape index (κ1) is 17.3. The van der Waals surface area contributed by atoms with Gasteiger partial charge in [-0.2, -0.15) is 0 Å². The number of carbonyl (C=O) groups is 1. The molecule has 2 aromatic carbocycles. The SMILES string of the molecule is COc1ccc(Oc2ccc(NC(C)=O)cc2)cc1CN1CCCC1. The predicted octanol–water partition coefficient (Wildman–Crippen LogP) is 4.04. The lowest BCUT2D eigenvalue weighted by atomic mass is 10.1. The van der Waals surface area contributed by atoms with Crippen molar-refractivity contribution in [1.29, 1.82) is 0 Å². The zero-order valence-electron chi connectivity index (χ0n) is 14.7. The predicted molar refractivity (Wildman–Crippen MR) is 98.3 cm³/mol. The van der Waals surface area contributed by atoms with Crippen molar-refractivity contribution in [2.45, 2.75) is 26.3 Å². The summed E-state index contributed by atoms with van der Waals surface area (Å²) in [4.78, 5) is 13.5. The molecule has 0 bridgehead atoms. The van der Waals surface area contributed by atoms with Crippen molar-refractivity contribution in [2.75, 3.05) is 25.5 Å². The molecule has 3 rings (SSSR count). The van der Waals surface area contributed by atoms with E-state index in [1.54, 1.807) is 7.11 Å². The van der Waals surface area contributed by atoms with Gasteiger partial charge in [-0.3, -0.25) is 9.69 Å². The molecule has 0 radical (unpaired) electrons. The number of benzene rings is 2. The number of nitrogens with one attached hydrogen (secondary N) is 1. The molecule has 2 aromatic rings. The van der Waals surface area contributed by atoms with Gasteiger partial charge in [0.1, 0.15) is 17.2 Å². The van der Waals surface area contributed by atoms with E-state index in [9.17, 15) is 4.79 Å². The minimum Gasteiger partial charge on any atom is -0.496 e. The van der Waals surface area contributed by atoms with Crippen LogP contribution in [-0.4, -0.2) is 31.0 Å². The summed E-state index contributed by atoms with van der Waals surface area (Å²) in [5.41, 5.74) is 1.89. The molecule has 0 spiro atoms. The molecule has 1 aliphatic heterocycles. The lowest BCUT2D eigenvalue weighted by Crippen LogP contribution is -2.18. The van der Waals surface area contributed by atoms with E-state index >= 15 is 0 Å². The second kappa shape index (κ2) is 8.03. The maximum Gasteiger partial charge on any atom is 0.221 e. The van der Waals surface area contributed by atoms with Gasteiger partial charge < -0.3 is 14.8 Å². The summed E-state index contributed by atoms with van der Waals surface area (Å²) < 4.78 is 11.4. The Morgan fingerprint density at radius 3 is 2.40 bits per heavy atom. The van der Waals surface area contributed by atoms with E-state index in [2.05, 4.69) is 10.2 Å². The number of hydrogen-bond acceptors (Lipinski definition) is 4. The van der Waals surface area contributed by atoms with Crippen LogP contribution >= 0.6 is 0 Å². The molecule has 0 aliphatic carbocycles. The van der Waals surface area contributed by atoms with Gasteiger partial charge in [0.15, 0.2) is 0 Å². The molecule has 0 saturated carbocycles. The van der Waals surface area contributed by atoms with Gasteiger partial charge in [0.05, 0.1) is 7.11 Å². The maximum atomic E-state index is 11.1. The second-order valence-electron chi connectivity index (χ2n) is 6.26. The first-order valence-electron chi connectivity index (χ1n) is 8.59. The third-order valence-corrected chi connectivity index (χ3v) is 4.25. The van der Waals surface area contributed by atoms with Crippen molar-refractivity contribution in [1.82, 2.24) is 4.90 Å². The summed E-state index contributed by atoms with van der Waals surface area (Å²) in [6, 6.07) is 13.2. The van der Waals surface area contributed by atoms with E-state index in [1.807, 2.05) is 42.5 Å². The summed E-state index contributed by atoms with van der Waals surface area (Å²) in [7, 11) is 1.70. The number of likely N-dealkylation sites (tertiary alicyclic amines) is 1. The molecule has 25 heavy (non-hydrogen) atoms. The fourth-order valence-electron chi connectivity index (χ4n) is 3.07. The van der Waals surface area contributed by atoms with Gasteiger partial charge in [0, 0.05) is 24.7 Å². The van der Waals surface area contributed by atoms with Crippen LogP contribution in [0.4, 0.5) is 5.69 Å². The van der Waals surface area contributed by atoms with Gasteiger partial charge in [-0.15, -0.1) is 0 Å². The minimum absolute atomic E-state index is 0.0876. The van der Waals surface area contributed by atoms with E-state index in [0.29, 0.717) is 0 Å². The first-order chi connectivity index (χ1) is 12.1. The number of rotatable bonds is 6. The molecule has 0 atom stereocenters. The van der Waals surface area contributed by atoms with Crippen LogP contribution in [0.5, 0.6) is 17.2 Å². The standard InChI is InChI=1S/C20H24N2O3/c1-15(23)21-17-5-7-18(8-6-17)25-19-9-10-20(24-2)16(13-19)14-22-11-3-4-12-22/h5-10,13H,3-4,11-12,14H2,1-2H3,(H,21,23). The van der Waals surface area contributed by atoms with Gasteiger partial charge >= 0.3 is 0 Å². The number of nitrogens with zero attached hydrogens (tertiary/aromatic N) is 1.